The van der Waals surface area contributed by atoms with Crippen molar-refractivity contribution in [3.05, 3.63) is 117 Å². The maximum absolute atomic E-state index is 13.8. The van der Waals surface area contributed by atoms with Gasteiger partial charge in [0.1, 0.15) is 17.7 Å². The first-order valence-corrected chi connectivity index (χ1v) is 18.2. The van der Waals surface area contributed by atoms with Gasteiger partial charge >= 0.3 is 12.1 Å². The highest BCUT2D eigenvalue weighted by Gasteiger charge is 2.27. The van der Waals surface area contributed by atoms with Crippen LogP contribution in [0.4, 0.5) is 9.59 Å². The molecule has 0 radical (unpaired) electrons. The molecule has 0 aliphatic rings. The number of carbonyl (C=O) groups excluding carboxylic acids is 3. The topological polar surface area (TPSA) is 126 Å². The summed E-state index contributed by atoms with van der Waals surface area (Å²) in [7, 11) is 1.70. The van der Waals surface area contributed by atoms with Crippen LogP contribution in [0.25, 0.3) is 0 Å². The van der Waals surface area contributed by atoms with Crippen LogP contribution >= 0.6 is 22.7 Å². The minimum absolute atomic E-state index is 0.0816. The van der Waals surface area contributed by atoms with Crippen LogP contribution in [0.1, 0.15) is 60.4 Å². The second-order valence-corrected chi connectivity index (χ2v) is 14.4. The highest BCUT2D eigenvalue weighted by atomic mass is 32.1. The molecule has 4 amide bonds. The minimum atomic E-state index is -0.776. The maximum Gasteiger partial charge on any atom is 0.408 e. The summed E-state index contributed by atoms with van der Waals surface area (Å²) in [6, 6.07) is 17.7. The Morgan fingerprint density at radius 3 is 2.00 bits per heavy atom. The Kier molecular flexibility index (Phi) is 14.3. The third kappa shape index (κ3) is 12.4. The molecule has 49 heavy (non-hydrogen) atoms. The van der Waals surface area contributed by atoms with E-state index in [1.54, 1.807) is 24.6 Å². The summed E-state index contributed by atoms with van der Waals surface area (Å²) in [6.07, 6.45) is 5.93. The van der Waals surface area contributed by atoms with Gasteiger partial charge in [-0.15, -0.1) is 22.7 Å². The molecule has 10 nitrogen and oxygen atoms in total. The summed E-state index contributed by atoms with van der Waals surface area (Å²) in [5.74, 6) is -0.156. The van der Waals surface area contributed by atoms with Crippen LogP contribution in [0.2, 0.25) is 0 Å². The van der Waals surface area contributed by atoms with Crippen molar-refractivity contribution in [1.29, 1.82) is 0 Å². The van der Waals surface area contributed by atoms with Gasteiger partial charge in [-0.25, -0.2) is 19.6 Å². The molecular weight excluding hydrogens is 657 g/mol. The fourth-order valence-corrected chi connectivity index (χ4v) is 6.36. The van der Waals surface area contributed by atoms with E-state index in [2.05, 4.69) is 39.8 Å². The second kappa shape index (κ2) is 18.8. The molecule has 3 atom stereocenters. The van der Waals surface area contributed by atoms with Crippen LogP contribution in [-0.2, 0) is 35.5 Å². The van der Waals surface area contributed by atoms with E-state index >= 15 is 0 Å². The van der Waals surface area contributed by atoms with Crippen LogP contribution in [-0.4, -0.2) is 58.1 Å². The van der Waals surface area contributed by atoms with Crippen molar-refractivity contribution in [3.63, 3.8) is 0 Å². The van der Waals surface area contributed by atoms with E-state index in [0.717, 1.165) is 21.8 Å². The van der Waals surface area contributed by atoms with Gasteiger partial charge in [-0.3, -0.25) is 4.79 Å². The third-order valence-corrected chi connectivity index (χ3v) is 9.60. The quantitative estimate of drug-likeness (QED) is 0.112. The molecule has 0 saturated carbocycles. The fourth-order valence-electron chi connectivity index (χ4n) is 5.01. The van der Waals surface area contributed by atoms with Gasteiger partial charge in [0, 0.05) is 29.9 Å². The lowest BCUT2D eigenvalue weighted by Crippen LogP contribution is -2.54. The number of ether oxygens (including phenoxy) is 1. The van der Waals surface area contributed by atoms with Crippen molar-refractivity contribution in [3.8, 4) is 0 Å². The first-order valence-electron chi connectivity index (χ1n) is 16.4. The van der Waals surface area contributed by atoms with E-state index in [4.69, 9.17) is 4.74 Å². The normalized spacial score (nSPS) is 13.2. The average Bonchev–Trinajstić information content (AvgIpc) is 3.78. The molecule has 260 valence electrons. The second-order valence-electron chi connectivity index (χ2n) is 12.5. The number of nitrogens with zero attached hydrogens (tertiary/aromatic N) is 3. The van der Waals surface area contributed by atoms with Crippen LogP contribution in [0.15, 0.2) is 89.8 Å². The smallest absolute Gasteiger partial charge is 0.408 e. The Hall–Kier alpha value is -4.55. The molecule has 12 heteroatoms. The number of urea groups is 1. The summed E-state index contributed by atoms with van der Waals surface area (Å²) < 4.78 is 5.43. The number of amides is 4. The van der Waals surface area contributed by atoms with E-state index in [0.29, 0.717) is 30.3 Å². The summed E-state index contributed by atoms with van der Waals surface area (Å²) in [5, 5.41) is 14.6. The molecule has 4 rings (SSSR count). The molecule has 2 aromatic carbocycles. The lowest BCUT2D eigenvalue weighted by atomic mass is 10.00. The Labute approximate surface area is 297 Å². The predicted octanol–water partition coefficient (Wildman–Crippen LogP) is 6.71. The Balaban J connectivity index is 1.47. The lowest BCUT2D eigenvalue weighted by Gasteiger charge is -2.27. The van der Waals surface area contributed by atoms with Gasteiger partial charge in [0.25, 0.3) is 0 Å². The lowest BCUT2D eigenvalue weighted by molar-refractivity contribution is -0.124. The van der Waals surface area contributed by atoms with Crippen molar-refractivity contribution >= 4 is 40.7 Å². The number of carbonyl (C=O) groups is 3. The third-order valence-electron chi connectivity index (χ3n) is 7.65. The van der Waals surface area contributed by atoms with Crippen molar-refractivity contribution in [2.75, 3.05) is 7.05 Å². The number of nitrogens with one attached hydrogen (secondary N) is 3. The van der Waals surface area contributed by atoms with Crippen molar-refractivity contribution in [2.24, 2.45) is 5.92 Å². The summed E-state index contributed by atoms with van der Waals surface area (Å²) in [6.45, 7) is 8.40. The van der Waals surface area contributed by atoms with E-state index in [1.165, 1.54) is 16.2 Å². The summed E-state index contributed by atoms with van der Waals surface area (Å²) >= 11 is 3.00. The van der Waals surface area contributed by atoms with Crippen molar-refractivity contribution in [1.82, 2.24) is 30.8 Å². The summed E-state index contributed by atoms with van der Waals surface area (Å²) in [4.78, 5) is 50.2. The fraction of sp³-hybridized carbons (Fsp3) is 0.378. The number of aromatic nitrogens is 2. The van der Waals surface area contributed by atoms with E-state index in [-0.39, 0.29) is 24.5 Å². The first kappa shape index (κ1) is 37.3. The Morgan fingerprint density at radius 2 is 1.47 bits per heavy atom. The van der Waals surface area contributed by atoms with Crippen LogP contribution in [0.3, 0.4) is 0 Å². The van der Waals surface area contributed by atoms with Gasteiger partial charge < -0.3 is 25.6 Å². The van der Waals surface area contributed by atoms with Gasteiger partial charge in [-0.05, 0) is 29.9 Å². The van der Waals surface area contributed by atoms with Crippen molar-refractivity contribution in [2.45, 2.75) is 77.7 Å². The number of hydrogen-bond donors (Lipinski definition) is 3. The van der Waals surface area contributed by atoms with Gasteiger partial charge in [-0.2, -0.15) is 0 Å². The molecule has 0 aliphatic heterocycles. The zero-order chi connectivity index (χ0) is 35.2. The average molecular weight is 703 g/mol. The van der Waals surface area contributed by atoms with Gasteiger partial charge in [0.15, 0.2) is 0 Å². The number of alkyl carbamates (subject to hydrolysis) is 1. The van der Waals surface area contributed by atoms with Crippen LogP contribution < -0.4 is 16.0 Å². The van der Waals surface area contributed by atoms with Gasteiger partial charge in [0.2, 0.25) is 5.91 Å². The van der Waals surface area contributed by atoms with E-state index < -0.39 is 24.2 Å². The molecule has 4 aromatic rings. The highest BCUT2D eigenvalue weighted by molar-refractivity contribution is 7.09. The predicted molar refractivity (Wildman–Crippen MR) is 195 cm³/mol. The standard InChI is InChI=1S/C37H46N6O4S2/c1-25(2)33(42-36(45)43(5)22-31-24-49-35(40-31)26(3)4)34(44)39-29(20-27-12-8-6-9-13-27)16-17-30(21-28-14-10-7-11-15-28)41-37(46)47-23-32-38-18-19-48-32/h6-19,24-26,29-30,33H,20-23H2,1-5H3,(H,39,44)(H,41,46)(H,42,45)/b17-16+/t29-,30-,33+/m1/s1. The monoisotopic (exact) mass is 702 g/mol. The summed E-state index contributed by atoms with van der Waals surface area (Å²) in [5.41, 5.74) is 2.88. The van der Waals surface area contributed by atoms with Gasteiger partial charge in [0.05, 0.1) is 29.3 Å². The molecule has 2 heterocycles. The van der Waals surface area contributed by atoms with E-state index in [9.17, 15) is 14.4 Å². The molecule has 3 N–H and O–H groups in total. The first-order chi connectivity index (χ1) is 23.6. The number of hydrogen-bond acceptors (Lipinski definition) is 8. The number of thiazole rings is 2. The van der Waals surface area contributed by atoms with Crippen LogP contribution in [0.5, 0.6) is 0 Å². The minimum Gasteiger partial charge on any atom is -0.442 e. The molecule has 0 fully saturated rings. The number of benzene rings is 2. The largest absolute Gasteiger partial charge is 0.442 e. The highest BCUT2D eigenvalue weighted by Crippen LogP contribution is 2.20. The molecule has 0 spiro atoms. The SMILES string of the molecule is CC(C)c1nc(CN(C)C(=O)N[C@H](C(=O)N[C@H](/C=C/[C@H](Cc2ccccc2)NC(=O)OCc2nccs2)Cc2ccccc2)C(C)C)cs1. The van der Waals surface area contributed by atoms with Crippen LogP contribution in [0, 0.1) is 5.92 Å². The molecule has 0 unspecified atom stereocenters. The molecule has 0 aliphatic carbocycles. The molecule has 0 saturated heterocycles. The maximum atomic E-state index is 13.8. The zero-order valence-corrected chi connectivity index (χ0v) is 30.3. The molecule has 2 aromatic heterocycles. The molecular formula is C37H46N6O4S2. The van der Waals surface area contributed by atoms with Gasteiger partial charge in [-0.1, -0.05) is 101 Å². The van der Waals surface area contributed by atoms with Crippen molar-refractivity contribution < 1.29 is 19.1 Å². The Bertz CT molecular complexity index is 1630. The van der Waals surface area contributed by atoms with E-state index in [1.807, 2.05) is 97.4 Å². The Morgan fingerprint density at radius 1 is 0.857 bits per heavy atom. The molecule has 0 bridgehead atoms. The zero-order valence-electron chi connectivity index (χ0n) is 28.7. The number of rotatable bonds is 16.